The lowest BCUT2D eigenvalue weighted by molar-refractivity contribution is -0.116. The van der Waals surface area contributed by atoms with Crippen LogP contribution in [0.25, 0.3) is 10.6 Å². The fourth-order valence-corrected chi connectivity index (χ4v) is 4.96. The molecular formula is C18H15Cl3N4O3S2. The van der Waals surface area contributed by atoms with Gasteiger partial charge in [-0.05, 0) is 37.3 Å². The number of rotatable bonds is 6. The molecule has 0 unspecified atom stereocenters. The van der Waals surface area contributed by atoms with Crippen LogP contribution in [0.5, 0.6) is 0 Å². The molecule has 3 rings (SSSR count). The molecule has 0 saturated carbocycles. The lowest BCUT2D eigenvalue weighted by Crippen LogP contribution is -2.45. The van der Waals surface area contributed by atoms with E-state index >= 15 is 0 Å². The Morgan fingerprint density at radius 2 is 1.73 bits per heavy atom. The third-order valence-corrected chi connectivity index (χ3v) is 7.11. The number of carbonyl (C=O) groups excluding carboxylic acids is 1. The molecule has 1 amide bonds. The van der Waals surface area contributed by atoms with Gasteiger partial charge in [-0.25, -0.2) is 8.42 Å². The van der Waals surface area contributed by atoms with Crippen LogP contribution in [0.1, 0.15) is 6.92 Å². The number of nitrogens with zero attached hydrogens (tertiary/aromatic N) is 3. The van der Waals surface area contributed by atoms with Crippen molar-refractivity contribution >= 4 is 72.9 Å². The molecule has 3 aromatic rings. The largest absolute Gasteiger partial charge is 0.299 e. The van der Waals surface area contributed by atoms with E-state index in [-0.39, 0.29) is 20.9 Å². The standard InChI is InChI=1S/C18H15Cl3N4O3S2/c1-10(25(30(2,27)28)13-7-8-14(20)15(21)9-13)16(26)22-18-24-23-17(29-18)11-3-5-12(19)6-4-11/h3-10H,1-2H3,(H,22,24,26)/t10-/m1/s1. The maximum Gasteiger partial charge on any atom is 0.249 e. The zero-order valence-electron chi connectivity index (χ0n) is 15.6. The minimum atomic E-state index is -3.80. The van der Waals surface area contributed by atoms with E-state index in [0.717, 1.165) is 27.5 Å². The SMILES string of the molecule is C[C@H](C(=O)Nc1nnc(-c2ccc(Cl)cc2)s1)N(c1ccc(Cl)c(Cl)c1)S(C)(=O)=O. The van der Waals surface area contributed by atoms with Crippen LogP contribution in [0.2, 0.25) is 15.1 Å². The normalized spacial score (nSPS) is 12.4. The van der Waals surface area contributed by atoms with Crippen molar-refractivity contribution in [2.75, 3.05) is 15.9 Å². The Balaban J connectivity index is 1.82. The van der Waals surface area contributed by atoms with E-state index in [4.69, 9.17) is 34.8 Å². The summed E-state index contributed by atoms with van der Waals surface area (Å²) < 4.78 is 25.7. The fraction of sp³-hybridized carbons (Fsp3) is 0.167. The highest BCUT2D eigenvalue weighted by Crippen LogP contribution is 2.31. The number of benzene rings is 2. The molecule has 1 atom stereocenters. The molecule has 0 radical (unpaired) electrons. The maximum atomic E-state index is 12.8. The zero-order valence-corrected chi connectivity index (χ0v) is 19.5. The van der Waals surface area contributed by atoms with E-state index in [1.165, 1.54) is 25.1 Å². The number of hydrogen-bond donors (Lipinski definition) is 1. The molecule has 7 nitrogen and oxygen atoms in total. The summed E-state index contributed by atoms with van der Waals surface area (Å²) in [5.41, 5.74) is 1.01. The highest BCUT2D eigenvalue weighted by atomic mass is 35.5. The predicted molar refractivity (Wildman–Crippen MR) is 122 cm³/mol. The van der Waals surface area contributed by atoms with Gasteiger partial charge in [0.1, 0.15) is 11.0 Å². The molecule has 0 fully saturated rings. The number of aromatic nitrogens is 2. The second kappa shape index (κ2) is 9.07. The predicted octanol–water partition coefficient (Wildman–Crippen LogP) is 4.96. The molecule has 0 aliphatic carbocycles. The minimum absolute atomic E-state index is 0.173. The fourth-order valence-electron chi connectivity index (χ4n) is 2.62. The number of halogens is 3. The molecule has 1 N–H and O–H groups in total. The average Bonchev–Trinajstić information content (AvgIpc) is 3.12. The number of nitrogens with one attached hydrogen (secondary N) is 1. The Hall–Kier alpha value is -1.91. The average molecular weight is 506 g/mol. The Labute approximate surface area is 192 Å². The molecule has 1 aromatic heterocycles. The quantitative estimate of drug-likeness (QED) is 0.511. The smallest absolute Gasteiger partial charge is 0.249 e. The second-order valence-electron chi connectivity index (χ2n) is 6.24. The second-order valence-corrected chi connectivity index (χ2v) is 10.3. The summed E-state index contributed by atoms with van der Waals surface area (Å²) in [7, 11) is -3.80. The topological polar surface area (TPSA) is 92.3 Å². The summed E-state index contributed by atoms with van der Waals surface area (Å²) in [5, 5.41) is 12.5. The van der Waals surface area contributed by atoms with Crippen molar-refractivity contribution in [3.63, 3.8) is 0 Å². The molecule has 1 heterocycles. The first-order valence-corrected chi connectivity index (χ1v) is 12.2. The number of hydrogen-bond acceptors (Lipinski definition) is 6. The Bertz CT molecular complexity index is 1180. The number of carbonyl (C=O) groups is 1. The summed E-state index contributed by atoms with van der Waals surface area (Å²) in [6.45, 7) is 1.46. The Morgan fingerprint density at radius 1 is 1.07 bits per heavy atom. The highest BCUT2D eigenvalue weighted by molar-refractivity contribution is 7.92. The van der Waals surface area contributed by atoms with E-state index in [0.29, 0.717) is 10.0 Å². The molecule has 30 heavy (non-hydrogen) atoms. The van der Waals surface area contributed by atoms with Gasteiger partial charge in [-0.3, -0.25) is 14.4 Å². The first-order chi connectivity index (χ1) is 14.1. The molecule has 158 valence electrons. The molecular weight excluding hydrogens is 491 g/mol. The summed E-state index contributed by atoms with van der Waals surface area (Å²) in [5.74, 6) is -0.578. The highest BCUT2D eigenvalue weighted by Gasteiger charge is 2.30. The van der Waals surface area contributed by atoms with Gasteiger partial charge in [-0.2, -0.15) is 0 Å². The van der Waals surface area contributed by atoms with Gasteiger partial charge in [0.2, 0.25) is 21.1 Å². The van der Waals surface area contributed by atoms with Gasteiger partial charge >= 0.3 is 0 Å². The van der Waals surface area contributed by atoms with E-state index in [1.54, 1.807) is 24.3 Å². The molecule has 0 aliphatic heterocycles. The van der Waals surface area contributed by atoms with Crippen LogP contribution in [0.4, 0.5) is 10.8 Å². The molecule has 12 heteroatoms. The van der Waals surface area contributed by atoms with Crippen molar-refractivity contribution in [3.05, 3.63) is 57.5 Å². The number of amides is 1. The van der Waals surface area contributed by atoms with E-state index in [2.05, 4.69) is 15.5 Å². The van der Waals surface area contributed by atoms with E-state index in [1.807, 2.05) is 0 Å². The van der Waals surface area contributed by atoms with Crippen molar-refractivity contribution in [2.45, 2.75) is 13.0 Å². The first kappa shape index (κ1) is 22.8. The van der Waals surface area contributed by atoms with Gasteiger partial charge < -0.3 is 0 Å². The number of anilines is 2. The van der Waals surface area contributed by atoms with Crippen molar-refractivity contribution in [1.29, 1.82) is 0 Å². The molecule has 0 bridgehead atoms. The van der Waals surface area contributed by atoms with E-state index in [9.17, 15) is 13.2 Å². The van der Waals surface area contributed by atoms with Crippen molar-refractivity contribution in [2.24, 2.45) is 0 Å². The van der Waals surface area contributed by atoms with Gasteiger partial charge in [0.25, 0.3) is 0 Å². The van der Waals surface area contributed by atoms with Crippen LogP contribution in [0.15, 0.2) is 42.5 Å². The van der Waals surface area contributed by atoms with Crippen LogP contribution < -0.4 is 9.62 Å². The van der Waals surface area contributed by atoms with Gasteiger partial charge in [-0.1, -0.05) is 58.3 Å². The van der Waals surface area contributed by atoms with Gasteiger partial charge in [0.15, 0.2) is 0 Å². The lowest BCUT2D eigenvalue weighted by atomic mass is 10.2. The first-order valence-electron chi connectivity index (χ1n) is 8.41. The Kier molecular flexibility index (Phi) is 6.88. The molecule has 2 aromatic carbocycles. The van der Waals surface area contributed by atoms with Crippen molar-refractivity contribution in [1.82, 2.24) is 10.2 Å². The summed E-state index contributed by atoms with van der Waals surface area (Å²) in [6.07, 6.45) is 1.00. The van der Waals surface area contributed by atoms with Gasteiger partial charge in [-0.15, -0.1) is 10.2 Å². The minimum Gasteiger partial charge on any atom is -0.299 e. The lowest BCUT2D eigenvalue weighted by Gasteiger charge is -2.28. The third-order valence-electron chi connectivity index (χ3n) is 3.99. The summed E-state index contributed by atoms with van der Waals surface area (Å²) >= 11 is 19.0. The molecule has 0 saturated heterocycles. The van der Waals surface area contributed by atoms with Crippen LogP contribution in [0, 0.1) is 0 Å². The summed E-state index contributed by atoms with van der Waals surface area (Å²) in [6, 6.07) is 10.3. The summed E-state index contributed by atoms with van der Waals surface area (Å²) in [4.78, 5) is 12.8. The van der Waals surface area contributed by atoms with E-state index < -0.39 is 22.0 Å². The van der Waals surface area contributed by atoms with Crippen LogP contribution >= 0.6 is 46.1 Å². The zero-order chi connectivity index (χ0) is 22.1. The molecule has 0 aliphatic rings. The van der Waals surface area contributed by atoms with Crippen LogP contribution in [-0.2, 0) is 14.8 Å². The van der Waals surface area contributed by atoms with Crippen molar-refractivity contribution < 1.29 is 13.2 Å². The van der Waals surface area contributed by atoms with Gasteiger partial charge in [0.05, 0.1) is 22.0 Å². The van der Waals surface area contributed by atoms with Gasteiger partial charge in [0, 0.05) is 10.6 Å². The van der Waals surface area contributed by atoms with Crippen LogP contribution in [0.3, 0.4) is 0 Å². The van der Waals surface area contributed by atoms with Crippen LogP contribution in [-0.4, -0.2) is 36.8 Å². The third kappa shape index (κ3) is 5.22. The molecule has 0 spiro atoms. The monoisotopic (exact) mass is 504 g/mol. The Morgan fingerprint density at radius 3 is 2.33 bits per heavy atom. The maximum absolute atomic E-state index is 12.8. The number of sulfonamides is 1. The van der Waals surface area contributed by atoms with Crippen molar-refractivity contribution in [3.8, 4) is 10.6 Å².